The van der Waals surface area contributed by atoms with Gasteiger partial charge in [-0.05, 0) is 36.5 Å². The van der Waals surface area contributed by atoms with Crippen LogP contribution in [0.1, 0.15) is 29.2 Å². The molecule has 2 aromatic rings. The third-order valence-corrected chi connectivity index (χ3v) is 5.72. The van der Waals surface area contributed by atoms with Gasteiger partial charge in [0, 0.05) is 25.1 Å². The number of primary amides is 1. The fourth-order valence-electron chi connectivity index (χ4n) is 3.92. The highest BCUT2D eigenvalue weighted by Gasteiger charge is 2.36. The highest BCUT2D eigenvalue weighted by Crippen LogP contribution is 2.30. The first-order chi connectivity index (χ1) is 15.8. The van der Waals surface area contributed by atoms with E-state index < -0.39 is 24.1 Å². The van der Waals surface area contributed by atoms with Crippen molar-refractivity contribution >= 4 is 23.7 Å². The van der Waals surface area contributed by atoms with Gasteiger partial charge in [0.15, 0.2) is 6.10 Å². The highest BCUT2D eigenvalue weighted by atomic mass is 16.6. The van der Waals surface area contributed by atoms with Gasteiger partial charge in [-0.3, -0.25) is 14.6 Å². The minimum Gasteiger partial charge on any atom is -0.436 e. The molecule has 6 N–H and O–H groups in total. The minimum atomic E-state index is -1.08. The van der Waals surface area contributed by atoms with Gasteiger partial charge in [-0.25, -0.2) is 4.79 Å². The first-order valence-corrected chi connectivity index (χ1v) is 10.7. The molecule has 33 heavy (non-hydrogen) atoms. The summed E-state index contributed by atoms with van der Waals surface area (Å²) in [7, 11) is 1.61. The van der Waals surface area contributed by atoms with Gasteiger partial charge in [-0.1, -0.05) is 48.5 Å². The SMILES string of the molecule is CN=C(N)c1ccc(CNC(=O)C(C)NC(=O)C(OC(N)=O)C2Cc3ccccc3C2)cc1. The molecule has 0 spiro atoms. The smallest absolute Gasteiger partial charge is 0.405 e. The van der Waals surface area contributed by atoms with Gasteiger partial charge in [-0.15, -0.1) is 0 Å². The van der Waals surface area contributed by atoms with E-state index in [9.17, 15) is 14.4 Å². The van der Waals surface area contributed by atoms with E-state index in [1.165, 1.54) is 0 Å². The summed E-state index contributed by atoms with van der Waals surface area (Å²) < 4.78 is 5.15. The number of hydrogen-bond acceptors (Lipinski definition) is 5. The molecule has 0 aliphatic heterocycles. The van der Waals surface area contributed by atoms with E-state index in [4.69, 9.17) is 16.2 Å². The molecule has 0 radical (unpaired) electrons. The number of hydrogen-bond donors (Lipinski definition) is 4. The number of nitrogens with zero attached hydrogens (tertiary/aromatic N) is 1. The number of ether oxygens (including phenoxy) is 1. The molecule has 0 fully saturated rings. The second-order valence-electron chi connectivity index (χ2n) is 8.05. The quantitative estimate of drug-likeness (QED) is 0.349. The van der Waals surface area contributed by atoms with Crippen molar-refractivity contribution in [3.8, 4) is 0 Å². The summed E-state index contributed by atoms with van der Waals surface area (Å²) in [6.45, 7) is 1.85. The normalized spacial score (nSPS) is 15.3. The van der Waals surface area contributed by atoms with Gasteiger partial charge in [0.1, 0.15) is 11.9 Å². The van der Waals surface area contributed by atoms with E-state index in [2.05, 4.69) is 15.6 Å². The zero-order valence-electron chi connectivity index (χ0n) is 18.7. The van der Waals surface area contributed by atoms with E-state index in [1.807, 2.05) is 48.5 Å². The van der Waals surface area contributed by atoms with Crippen molar-refractivity contribution in [1.82, 2.24) is 10.6 Å². The van der Waals surface area contributed by atoms with Crippen LogP contribution in [-0.4, -0.2) is 42.9 Å². The number of nitrogens with one attached hydrogen (secondary N) is 2. The van der Waals surface area contributed by atoms with E-state index in [-0.39, 0.29) is 18.4 Å². The fourth-order valence-corrected chi connectivity index (χ4v) is 3.92. The number of nitrogens with two attached hydrogens (primary N) is 2. The third-order valence-electron chi connectivity index (χ3n) is 5.72. The maximum Gasteiger partial charge on any atom is 0.405 e. The summed E-state index contributed by atoms with van der Waals surface area (Å²) in [6, 6.07) is 14.3. The third kappa shape index (κ3) is 6.09. The van der Waals surface area contributed by atoms with Crippen LogP contribution < -0.4 is 22.1 Å². The molecule has 1 aliphatic rings. The highest BCUT2D eigenvalue weighted by molar-refractivity contribution is 5.97. The Balaban J connectivity index is 1.56. The van der Waals surface area contributed by atoms with Crippen LogP contribution >= 0.6 is 0 Å². The number of fused-ring (bicyclic) bond motifs is 1. The number of rotatable bonds is 8. The van der Waals surface area contributed by atoms with Crippen molar-refractivity contribution < 1.29 is 19.1 Å². The van der Waals surface area contributed by atoms with Crippen molar-refractivity contribution in [2.75, 3.05) is 7.05 Å². The van der Waals surface area contributed by atoms with E-state index in [1.54, 1.807) is 14.0 Å². The Morgan fingerprint density at radius 3 is 2.18 bits per heavy atom. The maximum atomic E-state index is 12.9. The molecule has 174 valence electrons. The summed E-state index contributed by atoms with van der Waals surface area (Å²) in [4.78, 5) is 40.8. The zero-order chi connectivity index (χ0) is 24.0. The lowest BCUT2D eigenvalue weighted by atomic mass is 9.98. The van der Waals surface area contributed by atoms with Gasteiger partial charge < -0.3 is 26.8 Å². The van der Waals surface area contributed by atoms with Gasteiger partial charge in [0.05, 0.1) is 0 Å². The van der Waals surface area contributed by atoms with Crippen molar-refractivity contribution in [3.05, 3.63) is 70.8 Å². The largest absolute Gasteiger partial charge is 0.436 e. The molecule has 2 atom stereocenters. The minimum absolute atomic E-state index is 0.247. The van der Waals surface area contributed by atoms with E-state index in [0.717, 1.165) is 22.3 Å². The van der Waals surface area contributed by atoms with E-state index >= 15 is 0 Å². The lowest BCUT2D eigenvalue weighted by molar-refractivity contribution is -0.135. The van der Waals surface area contributed by atoms with Gasteiger partial charge in [-0.2, -0.15) is 0 Å². The molecule has 3 amide bonds. The van der Waals surface area contributed by atoms with Crippen LogP contribution in [-0.2, 0) is 33.7 Å². The van der Waals surface area contributed by atoms with Crippen molar-refractivity contribution in [2.24, 2.45) is 22.4 Å². The summed E-state index contributed by atoms with van der Waals surface area (Å²) in [5.74, 6) is -0.731. The van der Waals surface area contributed by atoms with Crippen molar-refractivity contribution in [1.29, 1.82) is 0 Å². The molecular formula is C24H29N5O4. The van der Waals surface area contributed by atoms with Crippen LogP contribution in [0.25, 0.3) is 0 Å². The first-order valence-electron chi connectivity index (χ1n) is 10.7. The zero-order valence-corrected chi connectivity index (χ0v) is 18.7. The van der Waals surface area contributed by atoms with Crippen LogP contribution in [0, 0.1) is 5.92 Å². The van der Waals surface area contributed by atoms with Crippen LogP contribution in [0.3, 0.4) is 0 Å². The molecule has 9 nitrogen and oxygen atoms in total. The predicted octanol–water partition coefficient (Wildman–Crippen LogP) is 1.02. The molecule has 0 saturated carbocycles. The molecule has 0 aromatic heterocycles. The number of amides is 3. The molecule has 0 heterocycles. The number of carbonyl (C=O) groups is 3. The Hall–Kier alpha value is -3.88. The van der Waals surface area contributed by atoms with Crippen molar-refractivity contribution in [2.45, 2.75) is 38.5 Å². The Bertz CT molecular complexity index is 1030. The Morgan fingerprint density at radius 2 is 1.64 bits per heavy atom. The Kier molecular flexibility index (Phi) is 7.66. The van der Waals surface area contributed by atoms with Crippen LogP contribution in [0.15, 0.2) is 53.5 Å². The molecule has 2 aromatic carbocycles. The predicted molar refractivity (Wildman–Crippen MR) is 124 cm³/mol. The molecule has 9 heteroatoms. The topological polar surface area (TPSA) is 149 Å². The van der Waals surface area contributed by atoms with Crippen molar-refractivity contribution in [3.63, 3.8) is 0 Å². The average molecular weight is 452 g/mol. The fraction of sp³-hybridized carbons (Fsp3) is 0.333. The Labute approximate surface area is 192 Å². The van der Waals surface area contributed by atoms with Gasteiger partial charge in [0.2, 0.25) is 5.91 Å². The number of amidine groups is 1. The van der Waals surface area contributed by atoms with Gasteiger partial charge >= 0.3 is 6.09 Å². The molecule has 0 bridgehead atoms. The second-order valence-corrected chi connectivity index (χ2v) is 8.05. The summed E-state index contributed by atoms with van der Waals surface area (Å²) in [5, 5.41) is 5.42. The van der Waals surface area contributed by atoms with Crippen LogP contribution in [0.4, 0.5) is 4.79 Å². The maximum absolute atomic E-state index is 12.9. The number of benzene rings is 2. The summed E-state index contributed by atoms with van der Waals surface area (Å²) >= 11 is 0. The molecule has 0 saturated heterocycles. The summed E-state index contributed by atoms with van der Waals surface area (Å²) in [5.41, 5.74) is 14.9. The molecule has 2 unspecified atom stereocenters. The number of carbonyl (C=O) groups excluding carboxylic acids is 3. The van der Waals surface area contributed by atoms with Crippen LogP contribution in [0.5, 0.6) is 0 Å². The average Bonchev–Trinajstić information content (AvgIpc) is 3.24. The second kappa shape index (κ2) is 10.6. The first kappa shape index (κ1) is 23.8. The lowest BCUT2D eigenvalue weighted by Gasteiger charge is -2.24. The summed E-state index contributed by atoms with van der Waals surface area (Å²) in [6.07, 6.45) is -0.930. The molecular weight excluding hydrogens is 422 g/mol. The molecule has 1 aliphatic carbocycles. The van der Waals surface area contributed by atoms with E-state index in [0.29, 0.717) is 18.7 Å². The van der Waals surface area contributed by atoms with Crippen LogP contribution in [0.2, 0.25) is 0 Å². The molecule has 3 rings (SSSR count). The lowest BCUT2D eigenvalue weighted by Crippen LogP contribution is -2.51. The standard InChI is InChI=1S/C24H29N5O4/c1-14(22(30)28-13-15-7-9-16(10-8-15)21(25)27-2)29-23(31)20(33-24(26)32)19-11-17-5-3-4-6-18(17)12-19/h3-10,14,19-20H,11-13H2,1-2H3,(H2,25,27)(H2,26,32)(H,28,30)(H,29,31). The van der Waals surface area contributed by atoms with Gasteiger partial charge in [0.25, 0.3) is 5.91 Å². The monoisotopic (exact) mass is 451 g/mol. The number of aliphatic imine (C=N–C) groups is 1. The Morgan fingerprint density at radius 1 is 1.03 bits per heavy atom.